The van der Waals surface area contributed by atoms with E-state index in [4.69, 9.17) is 4.74 Å². The largest absolute Gasteiger partial charge is 0.618 e. The number of benzene rings is 2. The number of para-hydroxylation sites is 2. The first-order valence-electron chi connectivity index (χ1n) is 5.96. The van der Waals surface area contributed by atoms with Gasteiger partial charge in [-0.25, -0.2) is 0 Å². The highest BCUT2D eigenvalue weighted by molar-refractivity contribution is 6.52. The van der Waals surface area contributed by atoms with E-state index < -0.39 is 11.6 Å². The van der Waals surface area contributed by atoms with Crippen molar-refractivity contribution in [1.29, 1.82) is 0 Å². The minimum absolute atomic E-state index is 0.0703. The molecule has 0 saturated heterocycles. The molecule has 0 spiro atoms. The summed E-state index contributed by atoms with van der Waals surface area (Å²) in [5.41, 5.74) is 0.0625. The number of hydrogen-bond donors (Lipinski definition) is 0. The Kier molecular flexibility index (Phi) is 2.75. The van der Waals surface area contributed by atoms with Crippen LogP contribution in [0.5, 0.6) is 5.75 Å². The van der Waals surface area contributed by atoms with Crippen molar-refractivity contribution in [3.8, 4) is 5.75 Å². The lowest BCUT2D eigenvalue weighted by Crippen LogP contribution is -2.17. The van der Waals surface area contributed by atoms with Gasteiger partial charge in [-0.3, -0.25) is 4.79 Å². The molecular weight excluding hydrogens is 261 g/mol. The van der Waals surface area contributed by atoms with Crippen LogP contribution in [0.3, 0.4) is 0 Å². The van der Waals surface area contributed by atoms with E-state index in [2.05, 4.69) is 0 Å². The lowest BCUT2D eigenvalue weighted by molar-refractivity contribution is -0.358. The molecule has 0 saturated carbocycles. The fourth-order valence-corrected chi connectivity index (χ4v) is 2.31. The smallest absolute Gasteiger partial charge is 0.276 e. The van der Waals surface area contributed by atoms with Gasteiger partial charge >= 0.3 is 0 Å². The highest BCUT2D eigenvalue weighted by atomic mass is 19.1. The summed E-state index contributed by atoms with van der Waals surface area (Å²) in [5, 5.41) is 12.3. The van der Waals surface area contributed by atoms with E-state index in [-0.39, 0.29) is 17.0 Å². The normalized spacial score (nSPS) is 13.6. The number of ketones is 1. The standard InChI is InChI=1S/C15H10FNO3/c1-20-12-8-3-2-5-9(12)14-15(18)10-6-4-7-11(16)13(10)17(14)19/h2-8H,1H3. The molecule has 3 rings (SSSR count). The molecule has 1 heterocycles. The van der Waals surface area contributed by atoms with Crippen LogP contribution in [-0.2, 0) is 0 Å². The molecule has 5 heteroatoms. The zero-order valence-electron chi connectivity index (χ0n) is 10.6. The molecule has 0 atom stereocenters. The lowest BCUT2D eigenvalue weighted by atomic mass is 10.0. The summed E-state index contributed by atoms with van der Waals surface area (Å²) in [7, 11) is 1.45. The summed E-state index contributed by atoms with van der Waals surface area (Å²) in [4.78, 5) is 12.3. The summed E-state index contributed by atoms with van der Waals surface area (Å²) < 4.78 is 19.2. The number of rotatable bonds is 2. The number of halogens is 1. The highest BCUT2D eigenvalue weighted by Gasteiger charge is 2.39. The van der Waals surface area contributed by atoms with E-state index in [0.29, 0.717) is 16.1 Å². The molecule has 0 aliphatic carbocycles. The molecule has 2 aromatic rings. The Morgan fingerprint density at radius 3 is 2.50 bits per heavy atom. The second-order valence-electron chi connectivity index (χ2n) is 4.31. The zero-order chi connectivity index (χ0) is 14.3. The third kappa shape index (κ3) is 1.60. The van der Waals surface area contributed by atoms with Crippen LogP contribution in [0.2, 0.25) is 0 Å². The van der Waals surface area contributed by atoms with E-state index in [0.717, 1.165) is 6.07 Å². The predicted octanol–water partition coefficient (Wildman–Crippen LogP) is 2.66. The van der Waals surface area contributed by atoms with Crippen LogP contribution in [0, 0.1) is 11.0 Å². The van der Waals surface area contributed by atoms with E-state index in [1.807, 2.05) is 0 Å². The fraction of sp³-hybridized carbons (Fsp3) is 0.0667. The van der Waals surface area contributed by atoms with Crippen LogP contribution >= 0.6 is 0 Å². The maximum absolute atomic E-state index is 13.7. The van der Waals surface area contributed by atoms with Gasteiger partial charge in [-0.15, -0.1) is 0 Å². The number of Topliss-reactive ketones (excluding diaryl/α,β-unsaturated/α-hetero) is 1. The molecule has 1 aliphatic heterocycles. The van der Waals surface area contributed by atoms with Gasteiger partial charge in [0, 0.05) is 0 Å². The van der Waals surface area contributed by atoms with Crippen molar-refractivity contribution in [2.24, 2.45) is 0 Å². The molecule has 0 radical (unpaired) electrons. The average molecular weight is 271 g/mol. The van der Waals surface area contributed by atoms with Gasteiger partial charge < -0.3 is 9.94 Å². The molecule has 2 aromatic carbocycles. The highest BCUT2D eigenvalue weighted by Crippen LogP contribution is 2.32. The van der Waals surface area contributed by atoms with Crippen LogP contribution < -0.4 is 4.74 Å². The quantitative estimate of drug-likeness (QED) is 0.623. The Bertz CT molecular complexity index is 753. The molecular formula is C15H10FNO3. The van der Waals surface area contributed by atoms with Gasteiger partial charge in [0.25, 0.3) is 17.2 Å². The number of carbonyl (C=O) groups is 1. The van der Waals surface area contributed by atoms with E-state index >= 15 is 0 Å². The summed E-state index contributed by atoms with van der Waals surface area (Å²) in [5.74, 6) is -0.820. The third-order valence-electron chi connectivity index (χ3n) is 3.21. The van der Waals surface area contributed by atoms with Gasteiger partial charge in [0.1, 0.15) is 11.3 Å². The Morgan fingerprint density at radius 1 is 1.10 bits per heavy atom. The number of methoxy groups -OCH3 is 1. The van der Waals surface area contributed by atoms with Gasteiger partial charge in [-0.1, -0.05) is 18.2 Å². The number of hydrogen-bond acceptors (Lipinski definition) is 3. The molecule has 0 unspecified atom stereocenters. The number of carbonyl (C=O) groups excluding carboxylic acids is 1. The van der Waals surface area contributed by atoms with Crippen molar-refractivity contribution in [1.82, 2.24) is 0 Å². The molecule has 20 heavy (non-hydrogen) atoms. The molecule has 0 fully saturated rings. The monoisotopic (exact) mass is 271 g/mol. The van der Waals surface area contributed by atoms with E-state index in [1.165, 1.54) is 19.2 Å². The molecule has 4 nitrogen and oxygen atoms in total. The molecule has 0 N–H and O–H groups in total. The molecule has 1 aliphatic rings. The lowest BCUT2D eigenvalue weighted by Gasteiger charge is -2.06. The number of nitrogens with zero attached hydrogens (tertiary/aromatic N) is 1. The third-order valence-corrected chi connectivity index (χ3v) is 3.21. The van der Waals surface area contributed by atoms with Crippen molar-refractivity contribution in [3.05, 3.63) is 64.6 Å². The average Bonchev–Trinajstić information content (AvgIpc) is 2.72. The van der Waals surface area contributed by atoms with Crippen molar-refractivity contribution >= 4 is 17.2 Å². The Labute approximate surface area is 114 Å². The van der Waals surface area contributed by atoms with Gasteiger partial charge in [-0.05, 0) is 24.3 Å². The van der Waals surface area contributed by atoms with Gasteiger partial charge in [0.15, 0.2) is 5.82 Å². The van der Waals surface area contributed by atoms with Crippen molar-refractivity contribution in [3.63, 3.8) is 0 Å². The first kappa shape index (κ1) is 12.3. The summed E-state index contributed by atoms with van der Waals surface area (Å²) in [6.07, 6.45) is 0. The van der Waals surface area contributed by atoms with Crippen molar-refractivity contribution < 1.29 is 18.7 Å². The topological polar surface area (TPSA) is 52.4 Å². The maximum Gasteiger partial charge on any atom is 0.276 e. The SMILES string of the molecule is COc1ccccc1C1=[N+]([O-])c2c(F)cccc2C1=O. The number of ether oxygens (including phenoxy) is 1. The molecule has 0 aromatic heterocycles. The minimum Gasteiger partial charge on any atom is -0.618 e. The van der Waals surface area contributed by atoms with Gasteiger partial charge in [0.05, 0.1) is 12.7 Å². The van der Waals surface area contributed by atoms with E-state index in [9.17, 15) is 14.4 Å². The second kappa shape index (κ2) is 4.45. The zero-order valence-corrected chi connectivity index (χ0v) is 10.6. The molecule has 0 amide bonds. The van der Waals surface area contributed by atoms with Gasteiger partial charge in [0.2, 0.25) is 0 Å². The minimum atomic E-state index is -0.712. The Balaban J connectivity index is 2.27. The molecule has 100 valence electrons. The second-order valence-corrected chi connectivity index (χ2v) is 4.31. The Morgan fingerprint density at radius 2 is 1.80 bits per heavy atom. The van der Waals surface area contributed by atoms with Crippen LogP contribution in [0.15, 0.2) is 42.5 Å². The first-order valence-corrected chi connectivity index (χ1v) is 5.96. The fourth-order valence-electron chi connectivity index (χ4n) is 2.31. The van der Waals surface area contributed by atoms with Crippen LogP contribution in [-0.4, -0.2) is 23.3 Å². The maximum atomic E-state index is 13.7. The van der Waals surface area contributed by atoms with Crippen molar-refractivity contribution in [2.75, 3.05) is 7.11 Å². The Hall–Kier alpha value is -2.69. The number of fused-ring (bicyclic) bond motifs is 1. The summed E-state index contributed by atoms with van der Waals surface area (Å²) >= 11 is 0. The van der Waals surface area contributed by atoms with E-state index in [1.54, 1.807) is 24.3 Å². The van der Waals surface area contributed by atoms with Crippen LogP contribution in [0.4, 0.5) is 10.1 Å². The van der Waals surface area contributed by atoms with Crippen molar-refractivity contribution in [2.45, 2.75) is 0 Å². The molecule has 0 bridgehead atoms. The van der Waals surface area contributed by atoms with Crippen LogP contribution in [0.1, 0.15) is 15.9 Å². The predicted molar refractivity (Wildman–Crippen MR) is 71.1 cm³/mol. The van der Waals surface area contributed by atoms with Gasteiger partial charge in [-0.2, -0.15) is 9.13 Å². The summed E-state index contributed by atoms with van der Waals surface area (Å²) in [6, 6.07) is 10.7. The summed E-state index contributed by atoms with van der Waals surface area (Å²) in [6.45, 7) is 0. The first-order chi connectivity index (χ1) is 9.65. The van der Waals surface area contributed by atoms with Crippen LogP contribution in [0.25, 0.3) is 0 Å².